The van der Waals surface area contributed by atoms with Crippen LogP contribution in [0.25, 0.3) is 0 Å². The fourth-order valence-corrected chi connectivity index (χ4v) is 3.43. The van der Waals surface area contributed by atoms with E-state index in [0.717, 1.165) is 11.3 Å². The van der Waals surface area contributed by atoms with Crippen molar-refractivity contribution in [2.45, 2.75) is 6.54 Å². The summed E-state index contributed by atoms with van der Waals surface area (Å²) in [6.45, 7) is 0.574. The molecule has 4 rings (SSSR count). The number of benzene rings is 3. The molecule has 0 aliphatic heterocycles. The SMILES string of the molecule is NC(=O)CN(Cc1ccccc1)c1cccc(NC(=O)c2ccc(Oc3cccnc3)cc2)c1. The molecule has 7 nitrogen and oxygen atoms in total. The maximum Gasteiger partial charge on any atom is 0.255 e. The van der Waals surface area contributed by atoms with Crippen LogP contribution in [0.3, 0.4) is 0 Å². The molecule has 7 heteroatoms. The van der Waals surface area contributed by atoms with Crippen molar-refractivity contribution in [3.63, 3.8) is 0 Å². The molecule has 1 aromatic heterocycles. The molecule has 0 spiro atoms. The topological polar surface area (TPSA) is 97.6 Å². The van der Waals surface area contributed by atoms with Crippen molar-refractivity contribution in [1.82, 2.24) is 4.98 Å². The van der Waals surface area contributed by atoms with Gasteiger partial charge in [0.05, 0.1) is 12.7 Å². The Bertz CT molecular complexity index is 1250. The van der Waals surface area contributed by atoms with E-state index < -0.39 is 5.91 Å². The van der Waals surface area contributed by atoms with Crippen LogP contribution in [0, 0.1) is 0 Å². The number of hydrogen-bond donors (Lipinski definition) is 2. The third-order valence-corrected chi connectivity index (χ3v) is 5.02. The third-order valence-electron chi connectivity index (χ3n) is 5.02. The molecule has 0 saturated carbocycles. The summed E-state index contributed by atoms with van der Waals surface area (Å²) in [7, 11) is 0. The van der Waals surface area contributed by atoms with Crippen molar-refractivity contribution in [2.24, 2.45) is 5.73 Å². The Labute approximate surface area is 197 Å². The summed E-state index contributed by atoms with van der Waals surface area (Å²) in [5, 5.41) is 2.91. The molecule has 0 atom stereocenters. The highest BCUT2D eigenvalue weighted by atomic mass is 16.5. The Morgan fingerprint density at radius 3 is 2.38 bits per heavy atom. The molecule has 4 aromatic rings. The monoisotopic (exact) mass is 452 g/mol. The highest BCUT2D eigenvalue weighted by Crippen LogP contribution is 2.23. The van der Waals surface area contributed by atoms with Crippen LogP contribution in [0.4, 0.5) is 11.4 Å². The quantitative estimate of drug-likeness (QED) is 0.386. The number of ether oxygens (including phenoxy) is 1. The first-order chi connectivity index (χ1) is 16.6. The molecular formula is C27H24N4O3. The summed E-state index contributed by atoms with van der Waals surface area (Å²) in [4.78, 5) is 30.3. The van der Waals surface area contributed by atoms with Gasteiger partial charge in [-0.1, -0.05) is 36.4 Å². The lowest BCUT2D eigenvalue weighted by molar-refractivity contribution is -0.116. The van der Waals surface area contributed by atoms with Gasteiger partial charge in [-0.3, -0.25) is 14.6 Å². The van der Waals surface area contributed by atoms with E-state index in [9.17, 15) is 9.59 Å². The molecule has 0 saturated heterocycles. The zero-order chi connectivity index (χ0) is 23.8. The van der Waals surface area contributed by atoms with Crippen LogP contribution in [0.15, 0.2) is 103 Å². The van der Waals surface area contributed by atoms with Crippen LogP contribution >= 0.6 is 0 Å². The molecule has 0 fully saturated rings. The van der Waals surface area contributed by atoms with E-state index in [1.165, 1.54) is 0 Å². The number of carbonyl (C=O) groups is 2. The molecule has 3 N–H and O–H groups in total. The second-order valence-electron chi connectivity index (χ2n) is 7.63. The van der Waals surface area contributed by atoms with E-state index >= 15 is 0 Å². The van der Waals surface area contributed by atoms with Gasteiger partial charge >= 0.3 is 0 Å². The van der Waals surface area contributed by atoms with Crippen molar-refractivity contribution in [2.75, 3.05) is 16.8 Å². The van der Waals surface area contributed by atoms with Gasteiger partial charge in [0.1, 0.15) is 11.5 Å². The van der Waals surface area contributed by atoms with Crippen LogP contribution < -0.4 is 20.7 Å². The predicted octanol–water partition coefficient (Wildman–Crippen LogP) is 4.62. The molecule has 0 aliphatic rings. The first-order valence-electron chi connectivity index (χ1n) is 10.7. The van der Waals surface area contributed by atoms with Gasteiger partial charge in [0.25, 0.3) is 5.91 Å². The van der Waals surface area contributed by atoms with Crippen LogP contribution in [-0.2, 0) is 11.3 Å². The normalized spacial score (nSPS) is 10.4. The van der Waals surface area contributed by atoms with Crippen molar-refractivity contribution >= 4 is 23.2 Å². The van der Waals surface area contributed by atoms with Crippen molar-refractivity contribution in [1.29, 1.82) is 0 Å². The highest BCUT2D eigenvalue weighted by molar-refractivity contribution is 6.04. The zero-order valence-corrected chi connectivity index (χ0v) is 18.4. The number of pyridine rings is 1. The van der Waals surface area contributed by atoms with Crippen molar-refractivity contribution < 1.29 is 14.3 Å². The Morgan fingerprint density at radius 1 is 0.882 bits per heavy atom. The summed E-state index contributed by atoms with van der Waals surface area (Å²) < 4.78 is 5.72. The van der Waals surface area contributed by atoms with Crippen LogP contribution in [0.1, 0.15) is 15.9 Å². The maximum absolute atomic E-state index is 12.8. The molecule has 0 radical (unpaired) electrons. The Morgan fingerprint density at radius 2 is 1.68 bits per heavy atom. The lowest BCUT2D eigenvalue weighted by Crippen LogP contribution is -2.33. The van der Waals surface area contributed by atoms with Gasteiger partial charge < -0.3 is 20.7 Å². The van der Waals surface area contributed by atoms with Gasteiger partial charge in [0, 0.05) is 29.7 Å². The van der Waals surface area contributed by atoms with Gasteiger partial charge in [-0.15, -0.1) is 0 Å². The van der Waals surface area contributed by atoms with E-state index in [0.29, 0.717) is 29.3 Å². The average molecular weight is 453 g/mol. The minimum atomic E-state index is -0.432. The van der Waals surface area contributed by atoms with Crippen molar-refractivity contribution in [3.8, 4) is 11.5 Å². The first kappa shape index (κ1) is 22.5. The van der Waals surface area contributed by atoms with Gasteiger partial charge in [-0.25, -0.2) is 0 Å². The zero-order valence-electron chi connectivity index (χ0n) is 18.4. The van der Waals surface area contributed by atoms with E-state index in [2.05, 4.69) is 10.3 Å². The number of nitrogens with two attached hydrogens (primary N) is 1. The molecule has 34 heavy (non-hydrogen) atoms. The number of carbonyl (C=O) groups excluding carboxylic acids is 2. The fourth-order valence-electron chi connectivity index (χ4n) is 3.43. The standard InChI is InChI=1S/C27H24N4O3/c28-26(32)19-31(18-20-6-2-1-3-7-20)23-9-4-8-22(16-23)30-27(33)21-11-13-24(14-12-21)34-25-10-5-15-29-17-25/h1-17H,18-19H2,(H2,28,32)(H,30,33). The number of hydrogen-bond acceptors (Lipinski definition) is 5. The Kier molecular flexibility index (Phi) is 7.15. The highest BCUT2D eigenvalue weighted by Gasteiger charge is 2.13. The first-order valence-corrected chi connectivity index (χ1v) is 10.7. The number of nitrogens with zero attached hydrogens (tertiary/aromatic N) is 2. The van der Waals surface area contributed by atoms with Gasteiger partial charge in [0.2, 0.25) is 5.91 Å². The lowest BCUT2D eigenvalue weighted by Gasteiger charge is -2.24. The lowest BCUT2D eigenvalue weighted by atomic mass is 10.1. The summed E-state index contributed by atoms with van der Waals surface area (Å²) in [5.74, 6) is 0.538. The van der Waals surface area contributed by atoms with E-state index in [1.54, 1.807) is 54.9 Å². The summed E-state index contributed by atoms with van der Waals surface area (Å²) in [5.41, 5.74) is 8.40. The minimum Gasteiger partial charge on any atom is -0.456 e. The third kappa shape index (κ3) is 6.20. The summed E-state index contributed by atoms with van der Waals surface area (Å²) in [6.07, 6.45) is 3.29. The molecule has 0 bridgehead atoms. The summed E-state index contributed by atoms with van der Waals surface area (Å²) in [6, 6.07) is 27.6. The summed E-state index contributed by atoms with van der Waals surface area (Å²) >= 11 is 0. The molecule has 170 valence electrons. The predicted molar refractivity (Wildman–Crippen MR) is 132 cm³/mol. The molecule has 2 amide bonds. The van der Waals surface area contributed by atoms with Crippen LogP contribution in [0.2, 0.25) is 0 Å². The van der Waals surface area contributed by atoms with E-state index in [4.69, 9.17) is 10.5 Å². The van der Waals surface area contributed by atoms with Crippen molar-refractivity contribution in [3.05, 3.63) is 115 Å². The number of rotatable bonds is 9. The fraction of sp³-hybridized carbons (Fsp3) is 0.0741. The largest absolute Gasteiger partial charge is 0.456 e. The number of primary amides is 1. The van der Waals surface area contributed by atoms with E-state index in [1.807, 2.05) is 53.4 Å². The molecule has 0 unspecified atom stereocenters. The van der Waals surface area contributed by atoms with Gasteiger partial charge in [0.15, 0.2) is 0 Å². The Balaban J connectivity index is 1.45. The number of nitrogens with one attached hydrogen (secondary N) is 1. The molecule has 1 heterocycles. The average Bonchev–Trinajstić information content (AvgIpc) is 2.85. The van der Waals surface area contributed by atoms with Gasteiger partial charge in [-0.2, -0.15) is 0 Å². The number of anilines is 2. The minimum absolute atomic E-state index is 0.0602. The second kappa shape index (κ2) is 10.8. The number of amides is 2. The second-order valence-corrected chi connectivity index (χ2v) is 7.63. The smallest absolute Gasteiger partial charge is 0.255 e. The number of aromatic nitrogens is 1. The molecule has 3 aromatic carbocycles. The Hall–Kier alpha value is -4.65. The van der Waals surface area contributed by atoms with Gasteiger partial charge in [-0.05, 0) is 60.2 Å². The van der Waals surface area contributed by atoms with E-state index in [-0.39, 0.29) is 12.5 Å². The molecule has 0 aliphatic carbocycles. The molecular weight excluding hydrogens is 428 g/mol. The van der Waals surface area contributed by atoms with Crippen LogP contribution in [0.5, 0.6) is 11.5 Å². The van der Waals surface area contributed by atoms with Crippen LogP contribution in [-0.4, -0.2) is 23.3 Å². The maximum atomic E-state index is 12.8.